The Balaban J connectivity index is 1.57. The van der Waals surface area contributed by atoms with Crippen molar-refractivity contribution >= 4 is 5.78 Å². The molecule has 1 atom stereocenters. The molecule has 0 bridgehead atoms. The predicted octanol–water partition coefficient (Wildman–Crippen LogP) is 2.75. The Morgan fingerprint density at radius 3 is 2.86 bits per heavy atom. The molecule has 0 aliphatic carbocycles. The Morgan fingerprint density at radius 1 is 1.36 bits per heavy atom. The van der Waals surface area contributed by atoms with Crippen molar-refractivity contribution in [2.24, 2.45) is 0 Å². The normalized spacial score (nSPS) is 17.6. The van der Waals surface area contributed by atoms with E-state index in [9.17, 15) is 4.79 Å². The molecule has 1 aromatic heterocycles. The standard InChI is InChI=1S/C16H18N2O4/c1-2-14(19)11-3-5-13(6-4-11)21-10-15-17-16(18-22-15)12-7-8-20-9-12/h3-6,12H,2,7-10H2,1H3/t12-/m0/s1. The van der Waals surface area contributed by atoms with E-state index in [0.29, 0.717) is 36.1 Å². The van der Waals surface area contributed by atoms with Crippen molar-refractivity contribution in [3.05, 3.63) is 41.5 Å². The first-order valence-electron chi connectivity index (χ1n) is 7.42. The minimum absolute atomic E-state index is 0.117. The van der Waals surface area contributed by atoms with Gasteiger partial charge in [-0.05, 0) is 30.7 Å². The SMILES string of the molecule is CCC(=O)c1ccc(OCc2nc([C@H]3CCOC3)no2)cc1. The van der Waals surface area contributed by atoms with Gasteiger partial charge in [0.1, 0.15) is 5.75 Å². The number of nitrogens with zero attached hydrogens (tertiary/aromatic N) is 2. The third kappa shape index (κ3) is 3.33. The minimum Gasteiger partial charge on any atom is -0.484 e. The second-order valence-electron chi connectivity index (χ2n) is 5.20. The Kier molecular flexibility index (Phi) is 4.48. The predicted molar refractivity (Wildman–Crippen MR) is 77.9 cm³/mol. The average molecular weight is 302 g/mol. The van der Waals surface area contributed by atoms with Gasteiger partial charge in [-0.25, -0.2) is 0 Å². The van der Waals surface area contributed by atoms with E-state index in [0.717, 1.165) is 13.0 Å². The molecule has 22 heavy (non-hydrogen) atoms. The molecule has 0 unspecified atom stereocenters. The minimum atomic E-state index is 0.117. The van der Waals surface area contributed by atoms with Crippen molar-refractivity contribution in [1.29, 1.82) is 0 Å². The van der Waals surface area contributed by atoms with Gasteiger partial charge >= 0.3 is 0 Å². The van der Waals surface area contributed by atoms with Gasteiger partial charge in [0.05, 0.1) is 6.61 Å². The van der Waals surface area contributed by atoms with Gasteiger partial charge in [0.15, 0.2) is 18.2 Å². The largest absolute Gasteiger partial charge is 0.484 e. The molecule has 2 aromatic rings. The summed E-state index contributed by atoms with van der Waals surface area (Å²) < 4.78 is 16.1. The van der Waals surface area contributed by atoms with E-state index in [1.165, 1.54) is 0 Å². The summed E-state index contributed by atoms with van der Waals surface area (Å²) in [6.07, 6.45) is 1.42. The van der Waals surface area contributed by atoms with Crippen LogP contribution >= 0.6 is 0 Å². The molecule has 1 fully saturated rings. The van der Waals surface area contributed by atoms with Crippen LogP contribution in [-0.2, 0) is 11.3 Å². The smallest absolute Gasteiger partial charge is 0.264 e. The fourth-order valence-electron chi connectivity index (χ4n) is 2.32. The number of hydrogen-bond acceptors (Lipinski definition) is 6. The van der Waals surface area contributed by atoms with Gasteiger partial charge in [0.2, 0.25) is 0 Å². The molecule has 0 spiro atoms. The average Bonchev–Trinajstić information content (AvgIpc) is 3.23. The highest BCUT2D eigenvalue weighted by atomic mass is 16.5. The topological polar surface area (TPSA) is 74.5 Å². The van der Waals surface area contributed by atoms with E-state index in [4.69, 9.17) is 14.0 Å². The fraction of sp³-hybridized carbons (Fsp3) is 0.438. The van der Waals surface area contributed by atoms with Crippen LogP contribution in [0.1, 0.15) is 47.8 Å². The molecule has 2 heterocycles. The van der Waals surface area contributed by atoms with Crippen molar-refractivity contribution in [3.8, 4) is 5.75 Å². The Bertz CT molecular complexity index is 630. The molecule has 1 aliphatic rings. The Morgan fingerprint density at radius 2 is 2.18 bits per heavy atom. The van der Waals surface area contributed by atoms with E-state index in [2.05, 4.69) is 10.1 Å². The van der Waals surface area contributed by atoms with E-state index in [-0.39, 0.29) is 18.3 Å². The maximum Gasteiger partial charge on any atom is 0.264 e. The number of carbonyl (C=O) groups excluding carboxylic acids is 1. The van der Waals surface area contributed by atoms with Gasteiger partial charge in [-0.15, -0.1) is 0 Å². The van der Waals surface area contributed by atoms with E-state index >= 15 is 0 Å². The van der Waals surface area contributed by atoms with E-state index < -0.39 is 0 Å². The highest BCUT2D eigenvalue weighted by Crippen LogP contribution is 2.22. The summed E-state index contributed by atoms with van der Waals surface area (Å²) in [5.41, 5.74) is 0.691. The molecule has 6 nitrogen and oxygen atoms in total. The van der Waals surface area contributed by atoms with Crippen LogP contribution in [0.25, 0.3) is 0 Å². The van der Waals surface area contributed by atoms with E-state index in [1.807, 2.05) is 6.92 Å². The highest BCUT2D eigenvalue weighted by molar-refractivity contribution is 5.95. The molecule has 116 valence electrons. The van der Waals surface area contributed by atoms with Gasteiger partial charge in [-0.2, -0.15) is 4.98 Å². The van der Waals surface area contributed by atoms with Gasteiger partial charge < -0.3 is 14.0 Å². The lowest BCUT2D eigenvalue weighted by Gasteiger charge is -2.04. The molecule has 0 N–H and O–H groups in total. The zero-order chi connectivity index (χ0) is 15.4. The monoisotopic (exact) mass is 302 g/mol. The van der Waals surface area contributed by atoms with Crippen LogP contribution in [0.2, 0.25) is 0 Å². The lowest BCUT2D eigenvalue weighted by Crippen LogP contribution is -2.01. The summed E-state index contributed by atoms with van der Waals surface area (Å²) in [4.78, 5) is 15.9. The first-order valence-corrected chi connectivity index (χ1v) is 7.42. The molecule has 1 aromatic carbocycles. The number of carbonyl (C=O) groups is 1. The molecular formula is C16H18N2O4. The molecule has 0 saturated carbocycles. The maximum absolute atomic E-state index is 11.5. The zero-order valence-electron chi connectivity index (χ0n) is 12.4. The van der Waals surface area contributed by atoms with Crippen LogP contribution in [0.3, 0.4) is 0 Å². The molecule has 1 aliphatic heterocycles. The van der Waals surface area contributed by atoms with Gasteiger partial charge in [0.25, 0.3) is 5.89 Å². The number of aromatic nitrogens is 2. The molecule has 0 amide bonds. The molecule has 6 heteroatoms. The van der Waals surface area contributed by atoms with E-state index in [1.54, 1.807) is 24.3 Å². The first kappa shape index (κ1) is 14.7. The second-order valence-corrected chi connectivity index (χ2v) is 5.20. The quantitative estimate of drug-likeness (QED) is 0.764. The summed E-state index contributed by atoms with van der Waals surface area (Å²) in [6.45, 7) is 3.44. The number of hydrogen-bond donors (Lipinski definition) is 0. The third-order valence-electron chi connectivity index (χ3n) is 3.64. The summed E-state index contributed by atoms with van der Waals surface area (Å²) in [5, 5.41) is 3.97. The zero-order valence-corrected chi connectivity index (χ0v) is 12.4. The summed E-state index contributed by atoms with van der Waals surface area (Å²) in [7, 11) is 0. The fourth-order valence-corrected chi connectivity index (χ4v) is 2.32. The molecule has 0 radical (unpaired) electrons. The van der Waals surface area contributed by atoms with Crippen molar-refractivity contribution < 1.29 is 18.8 Å². The summed E-state index contributed by atoms with van der Waals surface area (Å²) in [6, 6.07) is 7.06. The van der Waals surface area contributed by atoms with Crippen LogP contribution in [0.4, 0.5) is 0 Å². The van der Waals surface area contributed by atoms with Crippen molar-refractivity contribution in [2.45, 2.75) is 32.3 Å². The lowest BCUT2D eigenvalue weighted by atomic mass is 10.1. The number of ether oxygens (including phenoxy) is 2. The third-order valence-corrected chi connectivity index (χ3v) is 3.64. The number of benzene rings is 1. The molecular weight excluding hydrogens is 284 g/mol. The van der Waals surface area contributed by atoms with Crippen molar-refractivity contribution in [2.75, 3.05) is 13.2 Å². The Labute approximate surface area is 128 Å². The molecule has 1 saturated heterocycles. The lowest BCUT2D eigenvalue weighted by molar-refractivity contribution is 0.0988. The highest BCUT2D eigenvalue weighted by Gasteiger charge is 2.23. The molecule has 3 rings (SSSR count). The summed E-state index contributed by atoms with van der Waals surface area (Å²) in [5.74, 6) is 2.12. The summed E-state index contributed by atoms with van der Waals surface area (Å²) >= 11 is 0. The maximum atomic E-state index is 11.5. The Hall–Kier alpha value is -2.21. The van der Waals surface area contributed by atoms with Crippen LogP contribution in [0, 0.1) is 0 Å². The van der Waals surface area contributed by atoms with Gasteiger partial charge in [0, 0.05) is 24.5 Å². The van der Waals surface area contributed by atoms with Crippen molar-refractivity contribution in [1.82, 2.24) is 10.1 Å². The van der Waals surface area contributed by atoms with Crippen LogP contribution in [0.15, 0.2) is 28.8 Å². The van der Waals surface area contributed by atoms with Gasteiger partial charge in [-0.3, -0.25) is 4.79 Å². The van der Waals surface area contributed by atoms with Gasteiger partial charge in [-0.1, -0.05) is 12.1 Å². The second kappa shape index (κ2) is 6.70. The number of Topliss-reactive ketones (excluding diaryl/α,β-unsaturated/α-hetero) is 1. The first-order chi connectivity index (χ1) is 10.8. The van der Waals surface area contributed by atoms with Crippen LogP contribution in [0.5, 0.6) is 5.75 Å². The number of ketones is 1. The van der Waals surface area contributed by atoms with Crippen molar-refractivity contribution in [3.63, 3.8) is 0 Å². The van der Waals surface area contributed by atoms with Crippen LogP contribution < -0.4 is 4.74 Å². The van der Waals surface area contributed by atoms with Crippen LogP contribution in [-0.4, -0.2) is 29.1 Å². The number of rotatable bonds is 6.